The molecule has 7 heteroatoms. The Morgan fingerprint density at radius 3 is 1.90 bits per heavy atom. The summed E-state index contributed by atoms with van der Waals surface area (Å²) >= 11 is 0. The Bertz CT molecular complexity index is 1070. The smallest absolute Gasteiger partial charge is 0.408 e. The second-order valence-electron chi connectivity index (χ2n) is 7.21. The van der Waals surface area contributed by atoms with Crippen LogP contribution in [0, 0.1) is 0 Å². The van der Waals surface area contributed by atoms with Gasteiger partial charge < -0.3 is 15.2 Å². The molecule has 3 aromatic carbocycles. The third kappa shape index (κ3) is 4.12. The first-order valence-corrected chi connectivity index (χ1v) is 9.68. The van der Waals surface area contributed by atoms with Crippen molar-refractivity contribution < 1.29 is 28.2 Å². The van der Waals surface area contributed by atoms with Crippen LogP contribution in [0.4, 0.5) is 13.6 Å². The molecule has 0 aromatic heterocycles. The number of carbonyl (C=O) groups is 2. The molecule has 0 aliphatic heterocycles. The predicted molar refractivity (Wildman–Crippen MR) is 110 cm³/mol. The Morgan fingerprint density at radius 1 is 0.871 bits per heavy atom. The summed E-state index contributed by atoms with van der Waals surface area (Å²) in [5.41, 5.74) is 4.17. The lowest BCUT2D eigenvalue weighted by molar-refractivity contribution is -0.139. The number of ether oxygens (including phenoxy) is 1. The van der Waals surface area contributed by atoms with E-state index in [-0.39, 0.29) is 23.7 Å². The lowest BCUT2D eigenvalue weighted by Crippen LogP contribution is -2.34. The molecule has 1 aliphatic rings. The third-order valence-electron chi connectivity index (χ3n) is 5.37. The molecule has 0 heterocycles. The van der Waals surface area contributed by atoms with Crippen LogP contribution in [0.15, 0.2) is 72.8 Å². The van der Waals surface area contributed by atoms with Gasteiger partial charge in [-0.3, -0.25) is 0 Å². The van der Waals surface area contributed by atoms with Gasteiger partial charge in [0.25, 0.3) is 6.43 Å². The zero-order chi connectivity index (χ0) is 22.0. The minimum atomic E-state index is -2.66. The van der Waals surface area contributed by atoms with Gasteiger partial charge >= 0.3 is 12.1 Å². The molecular weight excluding hydrogens is 404 g/mol. The summed E-state index contributed by atoms with van der Waals surface area (Å²) in [5.74, 6) is -1.48. The van der Waals surface area contributed by atoms with Crippen molar-refractivity contribution in [3.05, 3.63) is 95.1 Å². The molecule has 5 nitrogen and oxygen atoms in total. The fraction of sp³-hybridized carbons (Fsp3) is 0.167. The number of alkyl halides is 2. The summed E-state index contributed by atoms with van der Waals surface area (Å²) in [4.78, 5) is 24.0. The highest BCUT2D eigenvalue weighted by molar-refractivity contribution is 5.82. The number of nitrogens with one attached hydrogen (secondary N) is 1. The van der Waals surface area contributed by atoms with E-state index in [1.165, 1.54) is 12.1 Å². The summed E-state index contributed by atoms with van der Waals surface area (Å²) in [6.07, 6.45) is -3.56. The molecule has 0 bridgehead atoms. The minimum absolute atomic E-state index is 0.0382. The first-order valence-electron chi connectivity index (χ1n) is 9.68. The van der Waals surface area contributed by atoms with Gasteiger partial charge in [0.05, 0.1) is 0 Å². The van der Waals surface area contributed by atoms with Gasteiger partial charge in [0, 0.05) is 11.5 Å². The van der Waals surface area contributed by atoms with Crippen LogP contribution in [-0.2, 0) is 9.53 Å². The van der Waals surface area contributed by atoms with Crippen molar-refractivity contribution in [3.63, 3.8) is 0 Å². The first-order chi connectivity index (χ1) is 15.0. The Morgan fingerprint density at radius 2 is 1.39 bits per heavy atom. The summed E-state index contributed by atoms with van der Waals surface area (Å²) in [7, 11) is 0. The maximum Gasteiger partial charge on any atom is 0.408 e. The van der Waals surface area contributed by atoms with Gasteiger partial charge in [-0.1, -0.05) is 72.8 Å². The zero-order valence-corrected chi connectivity index (χ0v) is 16.3. The normalized spacial score (nSPS) is 13.4. The van der Waals surface area contributed by atoms with E-state index in [1.54, 1.807) is 0 Å². The number of amides is 1. The fourth-order valence-electron chi connectivity index (χ4n) is 3.88. The van der Waals surface area contributed by atoms with Crippen molar-refractivity contribution in [2.45, 2.75) is 18.4 Å². The highest BCUT2D eigenvalue weighted by atomic mass is 19.3. The Hall–Kier alpha value is -3.74. The average Bonchev–Trinajstić information content (AvgIpc) is 3.10. The topological polar surface area (TPSA) is 75.6 Å². The number of rotatable bonds is 6. The van der Waals surface area contributed by atoms with Crippen LogP contribution in [-0.4, -0.2) is 23.8 Å². The molecule has 2 N–H and O–H groups in total. The van der Waals surface area contributed by atoms with Crippen LogP contribution < -0.4 is 5.32 Å². The number of halogens is 2. The number of hydrogen-bond acceptors (Lipinski definition) is 3. The summed E-state index contributed by atoms with van der Waals surface area (Å²) < 4.78 is 30.8. The van der Waals surface area contributed by atoms with Crippen molar-refractivity contribution in [3.8, 4) is 11.1 Å². The number of carboxylic acids is 1. The SMILES string of the molecule is O=C(NC(C(=O)O)c1ccc(C(F)F)cc1)OCC1c2ccccc2-c2ccccc21. The highest BCUT2D eigenvalue weighted by Gasteiger charge is 2.30. The maximum absolute atomic E-state index is 12.7. The zero-order valence-electron chi connectivity index (χ0n) is 16.3. The van der Waals surface area contributed by atoms with Crippen LogP contribution in [0.3, 0.4) is 0 Å². The molecule has 1 aliphatic carbocycles. The standard InChI is InChI=1S/C24H19F2NO4/c25-22(26)15-11-9-14(10-12-15)21(23(28)29)27-24(30)31-13-20-18-7-3-1-5-16(18)17-6-2-4-8-19(17)20/h1-12,20-22H,13H2,(H,27,30)(H,28,29). The number of alkyl carbamates (subject to hydrolysis) is 1. The molecule has 0 spiro atoms. The number of benzene rings is 3. The molecule has 3 aromatic rings. The second-order valence-corrected chi connectivity index (χ2v) is 7.21. The molecule has 0 saturated carbocycles. The quantitative estimate of drug-likeness (QED) is 0.565. The number of carboxylic acid groups (broad SMARTS) is 1. The first kappa shape index (κ1) is 20.5. The Labute approximate surface area is 177 Å². The van der Waals surface area contributed by atoms with Crippen LogP contribution in [0.25, 0.3) is 11.1 Å². The number of fused-ring (bicyclic) bond motifs is 3. The minimum Gasteiger partial charge on any atom is -0.479 e. The number of carbonyl (C=O) groups excluding carboxylic acids is 1. The van der Waals surface area contributed by atoms with Gasteiger partial charge in [0.2, 0.25) is 0 Å². The van der Waals surface area contributed by atoms with E-state index >= 15 is 0 Å². The molecule has 1 unspecified atom stereocenters. The van der Waals surface area contributed by atoms with Gasteiger partial charge in [-0.05, 0) is 27.8 Å². The molecule has 31 heavy (non-hydrogen) atoms. The molecule has 0 radical (unpaired) electrons. The van der Waals surface area contributed by atoms with E-state index in [4.69, 9.17) is 4.74 Å². The van der Waals surface area contributed by atoms with Gasteiger partial charge in [0.15, 0.2) is 6.04 Å². The van der Waals surface area contributed by atoms with E-state index in [2.05, 4.69) is 5.32 Å². The Balaban J connectivity index is 1.46. The maximum atomic E-state index is 12.7. The van der Waals surface area contributed by atoms with Crippen LogP contribution in [0.2, 0.25) is 0 Å². The summed E-state index contributed by atoms with van der Waals surface area (Å²) in [5, 5.41) is 11.8. The Kier molecular flexibility index (Phi) is 5.66. The van der Waals surface area contributed by atoms with E-state index in [0.717, 1.165) is 34.4 Å². The lowest BCUT2D eigenvalue weighted by Gasteiger charge is -2.18. The lowest BCUT2D eigenvalue weighted by atomic mass is 9.98. The monoisotopic (exact) mass is 423 g/mol. The van der Waals surface area contributed by atoms with Crippen LogP contribution in [0.1, 0.15) is 40.6 Å². The van der Waals surface area contributed by atoms with E-state index in [1.807, 2.05) is 48.5 Å². The fourth-order valence-corrected chi connectivity index (χ4v) is 3.88. The second kappa shape index (κ2) is 8.55. The molecule has 1 amide bonds. The summed E-state index contributed by atoms with van der Waals surface area (Å²) in [6.45, 7) is 0.0382. The largest absolute Gasteiger partial charge is 0.479 e. The van der Waals surface area contributed by atoms with Crippen molar-refractivity contribution in [1.29, 1.82) is 0 Å². The predicted octanol–water partition coefficient (Wildman–Crippen LogP) is 5.29. The van der Waals surface area contributed by atoms with Gasteiger partial charge in [-0.15, -0.1) is 0 Å². The molecular formula is C24H19F2NO4. The molecule has 0 saturated heterocycles. The van der Waals surface area contributed by atoms with Gasteiger partial charge in [-0.2, -0.15) is 0 Å². The molecule has 158 valence electrons. The molecule has 4 rings (SSSR count). The number of hydrogen-bond donors (Lipinski definition) is 2. The van der Waals surface area contributed by atoms with Crippen LogP contribution >= 0.6 is 0 Å². The summed E-state index contributed by atoms with van der Waals surface area (Å²) in [6, 6.07) is 19.1. The van der Waals surface area contributed by atoms with Gasteiger partial charge in [0.1, 0.15) is 6.61 Å². The van der Waals surface area contributed by atoms with E-state index in [9.17, 15) is 23.5 Å². The van der Waals surface area contributed by atoms with Gasteiger partial charge in [-0.25, -0.2) is 18.4 Å². The molecule has 0 fully saturated rings. The van der Waals surface area contributed by atoms with Crippen molar-refractivity contribution in [2.75, 3.05) is 6.61 Å². The van der Waals surface area contributed by atoms with Crippen molar-refractivity contribution in [2.24, 2.45) is 0 Å². The van der Waals surface area contributed by atoms with E-state index in [0.29, 0.717) is 0 Å². The van der Waals surface area contributed by atoms with Crippen LogP contribution in [0.5, 0.6) is 0 Å². The van der Waals surface area contributed by atoms with E-state index < -0.39 is 24.5 Å². The van der Waals surface area contributed by atoms with Crippen molar-refractivity contribution in [1.82, 2.24) is 5.32 Å². The highest BCUT2D eigenvalue weighted by Crippen LogP contribution is 2.44. The van der Waals surface area contributed by atoms with Crippen molar-refractivity contribution >= 4 is 12.1 Å². The average molecular weight is 423 g/mol. The molecule has 1 atom stereocenters. The third-order valence-corrected chi connectivity index (χ3v) is 5.37. The number of aliphatic carboxylic acids is 1.